The van der Waals surface area contributed by atoms with Gasteiger partial charge in [-0.05, 0) is 68.0 Å². The molecule has 2 heterocycles. The van der Waals surface area contributed by atoms with Crippen LogP contribution in [0.5, 0.6) is 5.75 Å². The highest BCUT2D eigenvalue weighted by Gasteiger charge is 2.57. The topological polar surface area (TPSA) is 89.5 Å². The fourth-order valence-corrected chi connectivity index (χ4v) is 8.85. The number of halogens is 5. The summed E-state index contributed by atoms with van der Waals surface area (Å²) >= 11 is 0. The molecule has 1 saturated carbocycles. The third-order valence-electron chi connectivity index (χ3n) is 8.05. The van der Waals surface area contributed by atoms with Gasteiger partial charge in [-0.2, -0.15) is 13.2 Å². The van der Waals surface area contributed by atoms with Crippen LogP contribution in [0.3, 0.4) is 0 Å². The number of allylic oxidation sites excluding steroid dienone is 1. The second kappa shape index (κ2) is 9.85. The summed E-state index contributed by atoms with van der Waals surface area (Å²) in [6.45, 7) is 3.44. The smallest absolute Gasteiger partial charge is 0.416 e. The molecule has 5 atom stereocenters. The number of rotatable bonds is 3. The molecule has 0 amide bonds. The Morgan fingerprint density at radius 2 is 1.80 bits per heavy atom. The molecule has 2 aromatic carbocycles. The van der Waals surface area contributed by atoms with Crippen LogP contribution < -0.4 is 9.46 Å². The highest BCUT2D eigenvalue weighted by atomic mass is 32.2. The second-order valence-electron chi connectivity index (χ2n) is 10.2. The molecule has 1 aliphatic carbocycles. The van der Waals surface area contributed by atoms with Crippen LogP contribution in [0.4, 0.5) is 22.0 Å². The Labute approximate surface area is 228 Å². The fraction of sp³-hybridized carbons (Fsp3) is 0.407. The van der Waals surface area contributed by atoms with Crippen molar-refractivity contribution in [1.82, 2.24) is 4.72 Å². The molecule has 0 aromatic heterocycles. The molecule has 0 bridgehead atoms. The van der Waals surface area contributed by atoms with Gasteiger partial charge in [-0.25, -0.2) is 30.3 Å². The molecule has 5 rings (SSSR count). The Morgan fingerprint density at radius 3 is 2.45 bits per heavy atom. The number of hydrogen-bond acceptors (Lipinski definition) is 5. The van der Waals surface area contributed by atoms with Crippen molar-refractivity contribution in [2.75, 3.05) is 6.61 Å². The van der Waals surface area contributed by atoms with E-state index in [4.69, 9.17) is 4.74 Å². The molecule has 0 spiro atoms. The monoisotopic (exact) mass is 601 g/mol. The van der Waals surface area contributed by atoms with Gasteiger partial charge in [-0.1, -0.05) is 12.0 Å². The molecule has 6 nitrogen and oxygen atoms in total. The highest BCUT2D eigenvalue weighted by Crippen LogP contribution is 2.55. The molecule has 2 fully saturated rings. The minimum Gasteiger partial charge on any atom is -0.490 e. The van der Waals surface area contributed by atoms with Crippen molar-refractivity contribution in [2.45, 2.75) is 53.5 Å². The van der Waals surface area contributed by atoms with Crippen molar-refractivity contribution in [3.8, 4) is 16.9 Å². The minimum absolute atomic E-state index is 0.0141. The Morgan fingerprint density at radius 1 is 1.12 bits per heavy atom. The molecule has 214 valence electrons. The summed E-state index contributed by atoms with van der Waals surface area (Å²) in [4.78, 5) is -0.488. The predicted octanol–water partition coefficient (Wildman–Crippen LogP) is 4.71. The number of benzene rings is 2. The zero-order valence-corrected chi connectivity index (χ0v) is 22.5. The van der Waals surface area contributed by atoms with Crippen LogP contribution in [-0.2, 0) is 31.5 Å². The molecule has 2 aliphatic heterocycles. The average molecular weight is 602 g/mol. The van der Waals surface area contributed by atoms with Gasteiger partial charge in [-0.15, -0.1) is 6.58 Å². The van der Waals surface area contributed by atoms with Crippen LogP contribution in [0, 0.1) is 34.6 Å². The summed E-state index contributed by atoms with van der Waals surface area (Å²) < 4.78 is 129. The normalized spacial score (nSPS) is 29.0. The van der Waals surface area contributed by atoms with Crippen LogP contribution >= 0.6 is 0 Å². The lowest BCUT2D eigenvalue weighted by molar-refractivity contribution is -0.137. The van der Waals surface area contributed by atoms with Crippen molar-refractivity contribution in [3.05, 3.63) is 71.8 Å². The lowest BCUT2D eigenvalue weighted by Crippen LogP contribution is -2.61. The zero-order chi connectivity index (χ0) is 29.1. The summed E-state index contributed by atoms with van der Waals surface area (Å²) in [6, 6.07) is 4.03. The summed E-state index contributed by atoms with van der Waals surface area (Å²) in [5.74, 6) is -0.596. The van der Waals surface area contributed by atoms with E-state index >= 15 is 4.39 Å². The summed E-state index contributed by atoms with van der Waals surface area (Å²) in [5.41, 5.74) is -2.85. The minimum atomic E-state index is -4.67. The van der Waals surface area contributed by atoms with Crippen molar-refractivity contribution in [3.63, 3.8) is 0 Å². The molecular formula is C27H24F5NO5S2. The molecule has 4 unspecified atom stereocenters. The van der Waals surface area contributed by atoms with E-state index < -0.39 is 82.4 Å². The van der Waals surface area contributed by atoms with Gasteiger partial charge in [0.15, 0.2) is 11.6 Å². The second-order valence-corrected chi connectivity index (χ2v) is 13.9. The summed E-state index contributed by atoms with van der Waals surface area (Å²) in [7, 11) is -8.16. The van der Waals surface area contributed by atoms with Crippen LogP contribution in [0.1, 0.15) is 36.8 Å². The first-order chi connectivity index (χ1) is 18.7. The van der Waals surface area contributed by atoms with Crippen LogP contribution in [0.25, 0.3) is 0 Å². The number of alkyl halides is 3. The molecule has 3 aliphatic rings. The molecule has 1 N–H and O–H groups in total. The number of nitrogens with one attached hydrogen (secondary N) is 1. The highest BCUT2D eigenvalue weighted by molar-refractivity contribution is 7.96. The lowest BCUT2D eigenvalue weighted by Gasteiger charge is -2.53. The van der Waals surface area contributed by atoms with E-state index in [0.717, 1.165) is 24.3 Å². The average Bonchev–Trinajstić information content (AvgIpc) is 2.89. The first-order valence-corrected chi connectivity index (χ1v) is 15.4. The maximum atomic E-state index is 15.4. The lowest BCUT2D eigenvalue weighted by atomic mass is 9.56. The van der Waals surface area contributed by atoms with Gasteiger partial charge >= 0.3 is 6.18 Å². The van der Waals surface area contributed by atoms with Gasteiger partial charge in [0, 0.05) is 17.2 Å². The Bertz CT molecular complexity index is 1630. The maximum absolute atomic E-state index is 15.4. The van der Waals surface area contributed by atoms with E-state index in [1.165, 1.54) is 6.08 Å². The number of hydrogen-bond donors (Lipinski definition) is 1. The van der Waals surface area contributed by atoms with E-state index in [1.807, 2.05) is 0 Å². The molecule has 40 heavy (non-hydrogen) atoms. The molecular weight excluding hydrogens is 577 g/mol. The van der Waals surface area contributed by atoms with E-state index in [-0.39, 0.29) is 37.9 Å². The van der Waals surface area contributed by atoms with Gasteiger partial charge in [-0.3, -0.25) is 0 Å². The van der Waals surface area contributed by atoms with Crippen molar-refractivity contribution >= 4 is 19.9 Å². The van der Waals surface area contributed by atoms with Crippen molar-refractivity contribution in [1.29, 1.82) is 0 Å². The first-order valence-electron chi connectivity index (χ1n) is 12.4. The van der Waals surface area contributed by atoms with Gasteiger partial charge in [0.1, 0.15) is 5.82 Å². The number of fused-ring (bicyclic) bond motifs is 5. The zero-order valence-electron chi connectivity index (χ0n) is 20.8. The van der Waals surface area contributed by atoms with E-state index in [1.54, 1.807) is 0 Å². The van der Waals surface area contributed by atoms with Crippen LogP contribution in [-0.4, -0.2) is 34.7 Å². The van der Waals surface area contributed by atoms with E-state index in [9.17, 15) is 34.4 Å². The number of sulfone groups is 1. The van der Waals surface area contributed by atoms with E-state index in [2.05, 4.69) is 22.5 Å². The van der Waals surface area contributed by atoms with Gasteiger partial charge in [0.25, 0.3) is 0 Å². The van der Waals surface area contributed by atoms with Crippen LogP contribution in [0.15, 0.2) is 53.9 Å². The quantitative estimate of drug-likeness (QED) is 0.238. The molecule has 0 radical (unpaired) electrons. The van der Waals surface area contributed by atoms with Gasteiger partial charge < -0.3 is 4.74 Å². The third-order valence-corrected chi connectivity index (χ3v) is 11.2. The van der Waals surface area contributed by atoms with Crippen molar-refractivity contribution < 1.29 is 43.5 Å². The molecule has 2 aromatic rings. The standard InChI is InChI=1S/C27H24F5NO5S2/c1-2-3-18-14-19-20-15-38-25-22(29)9-8-21(28)24(25)26(20,11-10-23(19)33-40(18,36)37)12-13-39(34,35)17-6-4-16(5-7-17)27(30,31)32/h2,4-9,18-20,23,33H,1,3,10-11,14-15H2/t18?,19?,20-,23?,26?/m0/s1. The Kier molecular flexibility index (Phi) is 7.04. The fourth-order valence-electron chi connectivity index (χ4n) is 6.15. The van der Waals surface area contributed by atoms with Crippen LogP contribution in [0.2, 0.25) is 0 Å². The van der Waals surface area contributed by atoms with Gasteiger partial charge in [0.05, 0.1) is 33.3 Å². The Hall–Kier alpha value is -2.95. The van der Waals surface area contributed by atoms with Gasteiger partial charge in [0.2, 0.25) is 19.9 Å². The maximum Gasteiger partial charge on any atom is 0.416 e. The number of ether oxygens (including phenoxy) is 1. The predicted molar refractivity (Wildman–Crippen MR) is 135 cm³/mol. The summed E-state index contributed by atoms with van der Waals surface area (Å²) in [6.07, 6.45) is -2.77. The molecule has 1 saturated heterocycles. The van der Waals surface area contributed by atoms with Crippen molar-refractivity contribution in [2.24, 2.45) is 11.8 Å². The Balaban J connectivity index is 1.63. The van der Waals surface area contributed by atoms with E-state index in [0.29, 0.717) is 12.1 Å². The molecule has 13 heteroatoms. The largest absolute Gasteiger partial charge is 0.490 e. The summed E-state index contributed by atoms with van der Waals surface area (Å²) in [5, 5.41) is 1.33. The number of sulfonamides is 1. The third kappa shape index (κ3) is 4.80. The first kappa shape index (κ1) is 28.6. The SMILES string of the molecule is C=CCC1CC2C(CCC3(C#CS(=O)(=O)c4ccc(C(F)(F)F)cc4)c4c(F)ccc(F)c4OC[C@@H]23)NS1(=O)=O.